The zero-order valence-electron chi connectivity index (χ0n) is 10.7. The van der Waals surface area contributed by atoms with Gasteiger partial charge in [0.2, 0.25) is 10.0 Å². The zero-order chi connectivity index (χ0) is 14.2. The van der Waals surface area contributed by atoms with Gasteiger partial charge < -0.3 is 9.47 Å². The second kappa shape index (κ2) is 8.02. The molecule has 1 unspecified atom stereocenters. The molecule has 104 valence electrons. The lowest BCUT2D eigenvalue weighted by Gasteiger charge is -2.21. The van der Waals surface area contributed by atoms with E-state index in [9.17, 15) is 13.2 Å². The first kappa shape index (κ1) is 16.8. The van der Waals surface area contributed by atoms with Gasteiger partial charge in [-0.15, -0.1) is 0 Å². The number of hydrogen-bond acceptors (Lipinski definition) is 6. The summed E-state index contributed by atoms with van der Waals surface area (Å²) in [6.07, 6.45) is 0. The van der Waals surface area contributed by atoms with Gasteiger partial charge in [-0.1, -0.05) is 0 Å². The normalized spacial score (nSPS) is 13.1. The molecule has 0 N–H and O–H groups in total. The Morgan fingerprint density at radius 3 is 2.56 bits per heavy atom. The molecule has 0 saturated heterocycles. The van der Waals surface area contributed by atoms with Gasteiger partial charge in [0.15, 0.2) is 5.25 Å². The van der Waals surface area contributed by atoms with E-state index in [2.05, 4.69) is 0 Å². The minimum Gasteiger partial charge on any atom is -0.465 e. The molecule has 18 heavy (non-hydrogen) atoms. The summed E-state index contributed by atoms with van der Waals surface area (Å²) < 4.78 is 34.3. The van der Waals surface area contributed by atoms with Crippen molar-refractivity contribution in [3.8, 4) is 6.07 Å². The molecule has 0 aliphatic carbocycles. The van der Waals surface area contributed by atoms with Crippen molar-refractivity contribution in [1.29, 1.82) is 5.26 Å². The maximum Gasteiger partial charge on any atom is 0.321 e. The molecule has 0 aromatic carbocycles. The SMILES string of the molecule is CCOC(=O)CN(CCOC)S(=O)(=O)C(C)C#N. The van der Waals surface area contributed by atoms with Crippen LogP contribution in [0.2, 0.25) is 0 Å². The van der Waals surface area contributed by atoms with Crippen LogP contribution >= 0.6 is 0 Å². The van der Waals surface area contributed by atoms with Crippen molar-refractivity contribution in [3.63, 3.8) is 0 Å². The molecule has 0 saturated carbocycles. The average Bonchev–Trinajstić information content (AvgIpc) is 2.33. The van der Waals surface area contributed by atoms with E-state index in [1.165, 1.54) is 14.0 Å². The molecule has 0 bridgehead atoms. The molecule has 0 fully saturated rings. The Hall–Kier alpha value is -1.17. The molecule has 0 rings (SSSR count). The first-order valence-corrected chi connectivity index (χ1v) is 6.93. The largest absolute Gasteiger partial charge is 0.465 e. The molecule has 0 aromatic rings. The third-order valence-electron chi connectivity index (χ3n) is 2.14. The summed E-state index contributed by atoms with van der Waals surface area (Å²) in [6.45, 7) is 2.79. The van der Waals surface area contributed by atoms with Gasteiger partial charge in [0, 0.05) is 13.7 Å². The first-order valence-electron chi connectivity index (χ1n) is 5.43. The average molecular weight is 278 g/mol. The van der Waals surface area contributed by atoms with E-state index < -0.39 is 27.8 Å². The van der Waals surface area contributed by atoms with Gasteiger partial charge in [-0.3, -0.25) is 4.79 Å². The fourth-order valence-electron chi connectivity index (χ4n) is 1.13. The summed E-state index contributed by atoms with van der Waals surface area (Å²) in [5, 5.41) is 7.46. The summed E-state index contributed by atoms with van der Waals surface area (Å²) >= 11 is 0. The molecule has 0 spiro atoms. The highest BCUT2D eigenvalue weighted by Gasteiger charge is 2.30. The number of nitrogens with zero attached hydrogens (tertiary/aromatic N) is 2. The molecule has 0 heterocycles. The lowest BCUT2D eigenvalue weighted by atomic mass is 10.5. The van der Waals surface area contributed by atoms with Crippen LogP contribution in [0, 0.1) is 11.3 Å². The second-order valence-electron chi connectivity index (χ2n) is 3.45. The highest BCUT2D eigenvalue weighted by Crippen LogP contribution is 2.08. The Bertz CT molecular complexity index is 401. The van der Waals surface area contributed by atoms with Crippen LogP contribution in [0.4, 0.5) is 0 Å². The Kier molecular flexibility index (Phi) is 7.50. The lowest BCUT2D eigenvalue weighted by Crippen LogP contribution is -2.42. The Morgan fingerprint density at radius 1 is 1.50 bits per heavy atom. The van der Waals surface area contributed by atoms with Crippen molar-refractivity contribution in [2.45, 2.75) is 19.1 Å². The molecule has 0 aromatic heterocycles. The van der Waals surface area contributed by atoms with Crippen molar-refractivity contribution in [3.05, 3.63) is 0 Å². The zero-order valence-corrected chi connectivity index (χ0v) is 11.6. The fourth-order valence-corrected chi connectivity index (χ4v) is 2.32. The number of methoxy groups -OCH3 is 1. The van der Waals surface area contributed by atoms with E-state index in [0.29, 0.717) is 0 Å². The Balaban J connectivity index is 4.89. The molecule has 0 radical (unpaired) electrons. The minimum atomic E-state index is -3.85. The van der Waals surface area contributed by atoms with Gasteiger partial charge in [-0.2, -0.15) is 9.57 Å². The maximum absolute atomic E-state index is 11.9. The molecule has 0 aliphatic heterocycles. The standard InChI is InChI=1S/C10H18N2O5S/c1-4-17-10(13)8-12(5-6-16-3)18(14,15)9(2)7-11/h9H,4-6,8H2,1-3H3. The quantitative estimate of drug-likeness (QED) is 0.567. The van der Waals surface area contributed by atoms with Gasteiger partial charge in [0.25, 0.3) is 0 Å². The van der Waals surface area contributed by atoms with Crippen molar-refractivity contribution in [2.75, 3.05) is 33.4 Å². The van der Waals surface area contributed by atoms with E-state index in [4.69, 9.17) is 14.7 Å². The first-order chi connectivity index (χ1) is 8.39. The summed E-state index contributed by atoms with van der Waals surface area (Å²) in [7, 11) is -2.43. The van der Waals surface area contributed by atoms with Gasteiger partial charge >= 0.3 is 5.97 Å². The number of nitriles is 1. The van der Waals surface area contributed by atoms with Crippen LogP contribution in [0.15, 0.2) is 0 Å². The molecule has 0 aliphatic rings. The van der Waals surface area contributed by atoms with Crippen LogP contribution in [0.3, 0.4) is 0 Å². The number of carbonyl (C=O) groups is 1. The topological polar surface area (TPSA) is 96.7 Å². The van der Waals surface area contributed by atoms with Crippen LogP contribution in [-0.2, 0) is 24.3 Å². The number of hydrogen-bond donors (Lipinski definition) is 0. The summed E-state index contributed by atoms with van der Waals surface area (Å²) in [6, 6.07) is 1.64. The van der Waals surface area contributed by atoms with Crippen molar-refractivity contribution >= 4 is 16.0 Å². The molecular weight excluding hydrogens is 260 g/mol. The highest BCUT2D eigenvalue weighted by atomic mass is 32.2. The monoisotopic (exact) mass is 278 g/mol. The maximum atomic E-state index is 11.9. The van der Waals surface area contributed by atoms with Crippen LogP contribution in [0.1, 0.15) is 13.8 Å². The number of esters is 1. The summed E-state index contributed by atoms with van der Waals surface area (Å²) in [4.78, 5) is 11.3. The molecule has 0 amide bonds. The lowest BCUT2D eigenvalue weighted by molar-refractivity contribution is -0.143. The predicted octanol–water partition coefficient (Wildman–Crippen LogP) is -0.260. The summed E-state index contributed by atoms with van der Waals surface area (Å²) in [5.41, 5.74) is 0. The molecule has 7 nitrogen and oxygen atoms in total. The minimum absolute atomic E-state index is 0.00364. The van der Waals surface area contributed by atoms with Crippen LogP contribution in [0.5, 0.6) is 0 Å². The van der Waals surface area contributed by atoms with Gasteiger partial charge in [0.05, 0.1) is 19.3 Å². The van der Waals surface area contributed by atoms with Crippen LogP contribution in [-0.4, -0.2) is 57.4 Å². The number of ether oxygens (including phenoxy) is 2. The van der Waals surface area contributed by atoms with Crippen molar-refractivity contribution in [2.24, 2.45) is 0 Å². The number of sulfonamides is 1. The second-order valence-corrected chi connectivity index (χ2v) is 5.70. The van der Waals surface area contributed by atoms with E-state index in [1.54, 1.807) is 13.0 Å². The van der Waals surface area contributed by atoms with E-state index in [0.717, 1.165) is 4.31 Å². The number of rotatable bonds is 8. The van der Waals surface area contributed by atoms with Crippen molar-refractivity contribution in [1.82, 2.24) is 4.31 Å². The molecular formula is C10H18N2O5S. The van der Waals surface area contributed by atoms with E-state index in [-0.39, 0.29) is 19.8 Å². The van der Waals surface area contributed by atoms with Gasteiger partial charge in [0.1, 0.15) is 6.54 Å². The van der Waals surface area contributed by atoms with Gasteiger partial charge in [-0.05, 0) is 13.8 Å². The third-order valence-corrected chi connectivity index (χ3v) is 4.17. The molecule has 8 heteroatoms. The van der Waals surface area contributed by atoms with Crippen molar-refractivity contribution < 1.29 is 22.7 Å². The Morgan fingerprint density at radius 2 is 2.11 bits per heavy atom. The predicted molar refractivity (Wildman–Crippen MR) is 64.1 cm³/mol. The smallest absolute Gasteiger partial charge is 0.321 e. The Labute approximate surface area is 107 Å². The molecule has 1 atom stereocenters. The van der Waals surface area contributed by atoms with Crippen LogP contribution in [0.25, 0.3) is 0 Å². The van der Waals surface area contributed by atoms with E-state index >= 15 is 0 Å². The van der Waals surface area contributed by atoms with Gasteiger partial charge in [-0.25, -0.2) is 8.42 Å². The van der Waals surface area contributed by atoms with E-state index in [1.807, 2.05) is 0 Å². The highest BCUT2D eigenvalue weighted by molar-refractivity contribution is 7.90. The number of carbonyl (C=O) groups excluding carboxylic acids is 1. The summed E-state index contributed by atoms with van der Waals surface area (Å²) in [5.74, 6) is -0.651. The fraction of sp³-hybridized carbons (Fsp3) is 0.800. The van der Waals surface area contributed by atoms with Crippen LogP contribution < -0.4 is 0 Å². The third kappa shape index (κ3) is 5.00.